The minimum absolute atomic E-state index is 0.0189. The van der Waals surface area contributed by atoms with Crippen LogP contribution in [0.5, 0.6) is 0 Å². The molecule has 1 aromatic carbocycles. The van der Waals surface area contributed by atoms with Gasteiger partial charge in [0.1, 0.15) is 6.07 Å². The smallest absolute Gasteiger partial charge is 0.364 e. The Morgan fingerprint density at radius 2 is 2.05 bits per heavy atom. The van der Waals surface area contributed by atoms with Crippen LogP contribution in [0.4, 0.5) is 18.9 Å². The number of halogens is 3. The van der Waals surface area contributed by atoms with Gasteiger partial charge in [-0.05, 0) is 32.0 Å². The fourth-order valence-corrected chi connectivity index (χ4v) is 1.78. The van der Waals surface area contributed by atoms with E-state index in [4.69, 9.17) is 5.26 Å². The molecule has 0 bridgehead atoms. The molecule has 0 N–H and O–H groups in total. The van der Waals surface area contributed by atoms with E-state index in [0.717, 1.165) is 12.1 Å². The van der Waals surface area contributed by atoms with Crippen LogP contribution in [0.2, 0.25) is 0 Å². The molecule has 0 unspecified atom stereocenters. The van der Waals surface area contributed by atoms with E-state index in [-0.39, 0.29) is 11.6 Å². The summed E-state index contributed by atoms with van der Waals surface area (Å²) in [6, 6.07) is 5.10. The first-order valence-electron chi connectivity index (χ1n) is 5.80. The van der Waals surface area contributed by atoms with Gasteiger partial charge in [0.05, 0.1) is 16.8 Å². The number of benzene rings is 1. The number of nitriles is 1. The van der Waals surface area contributed by atoms with Gasteiger partial charge in [-0.25, -0.2) is 0 Å². The summed E-state index contributed by atoms with van der Waals surface area (Å²) >= 11 is 0. The molecule has 0 atom stereocenters. The lowest BCUT2D eigenvalue weighted by Crippen LogP contribution is -2.31. The third-order valence-corrected chi connectivity index (χ3v) is 2.70. The van der Waals surface area contributed by atoms with Crippen LogP contribution in [-0.4, -0.2) is 12.6 Å². The van der Waals surface area contributed by atoms with Crippen molar-refractivity contribution in [3.05, 3.63) is 42.0 Å². The summed E-state index contributed by atoms with van der Waals surface area (Å²) in [6.45, 7) is 7.90. The van der Waals surface area contributed by atoms with Crippen molar-refractivity contribution >= 4 is 5.69 Å². The lowest BCUT2D eigenvalue weighted by Gasteiger charge is -2.28. The first-order chi connectivity index (χ1) is 8.81. The fourth-order valence-electron chi connectivity index (χ4n) is 1.78. The van der Waals surface area contributed by atoms with Crippen molar-refractivity contribution in [1.82, 2.24) is 0 Å². The summed E-state index contributed by atoms with van der Waals surface area (Å²) < 4.78 is 37.8. The normalized spacial score (nSPS) is 11.2. The maximum atomic E-state index is 12.6. The van der Waals surface area contributed by atoms with Gasteiger partial charge in [0.2, 0.25) is 0 Å². The molecule has 0 saturated carbocycles. The highest BCUT2D eigenvalue weighted by Crippen LogP contribution is 2.33. The Morgan fingerprint density at radius 3 is 2.47 bits per heavy atom. The molecule has 0 amide bonds. The van der Waals surface area contributed by atoms with Crippen LogP contribution >= 0.6 is 0 Å². The van der Waals surface area contributed by atoms with Gasteiger partial charge in [-0.1, -0.05) is 6.08 Å². The molecule has 102 valence electrons. The Hall–Kier alpha value is -1.96. The highest BCUT2D eigenvalue weighted by atomic mass is 19.4. The van der Waals surface area contributed by atoms with Crippen molar-refractivity contribution in [1.29, 1.82) is 5.26 Å². The maximum Gasteiger partial charge on any atom is 0.416 e. The standard InChI is InChI=1S/C14H15F3N2/c1-4-7-19(10(2)3)13-6-5-12(14(15,16)17)8-11(13)9-18/h4-6,8,10H,1,7H2,2-3H3. The molecule has 0 saturated heterocycles. The number of hydrogen-bond acceptors (Lipinski definition) is 2. The van der Waals surface area contributed by atoms with Gasteiger partial charge in [0, 0.05) is 12.6 Å². The second-order valence-corrected chi connectivity index (χ2v) is 4.38. The Morgan fingerprint density at radius 1 is 1.42 bits per heavy atom. The van der Waals surface area contributed by atoms with Crippen molar-refractivity contribution in [2.45, 2.75) is 26.1 Å². The third-order valence-electron chi connectivity index (χ3n) is 2.70. The van der Waals surface area contributed by atoms with Crippen LogP contribution < -0.4 is 4.90 Å². The molecular weight excluding hydrogens is 253 g/mol. The quantitative estimate of drug-likeness (QED) is 0.772. The zero-order valence-electron chi connectivity index (χ0n) is 10.8. The number of anilines is 1. The van der Waals surface area contributed by atoms with Crippen LogP contribution in [-0.2, 0) is 6.18 Å². The molecule has 0 aliphatic carbocycles. The van der Waals surface area contributed by atoms with Gasteiger partial charge < -0.3 is 4.90 Å². The molecular formula is C14H15F3N2. The summed E-state index contributed by atoms with van der Waals surface area (Å²) in [7, 11) is 0. The van der Waals surface area contributed by atoms with Crippen LogP contribution in [0.1, 0.15) is 25.0 Å². The summed E-state index contributed by atoms with van der Waals surface area (Å²) in [6.07, 6.45) is -2.79. The van der Waals surface area contributed by atoms with E-state index in [9.17, 15) is 13.2 Å². The van der Waals surface area contributed by atoms with E-state index in [1.54, 1.807) is 6.08 Å². The Bertz CT molecular complexity index is 498. The van der Waals surface area contributed by atoms with Crippen LogP contribution in [0.3, 0.4) is 0 Å². The number of hydrogen-bond donors (Lipinski definition) is 0. The number of nitrogens with zero attached hydrogens (tertiary/aromatic N) is 2. The highest BCUT2D eigenvalue weighted by Gasteiger charge is 2.31. The van der Waals surface area contributed by atoms with Gasteiger partial charge in [0.15, 0.2) is 0 Å². The molecule has 0 radical (unpaired) electrons. The summed E-state index contributed by atoms with van der Waals surface area (Å²) in [5, 5.41) is 9.04. The summed E-state index contributed by atoms with van der Waals surface area (Å²) in [5.74, 6) is 0. The van der Waals surface area contributed by atoms with E-state index in [0.29, 0.717) is 12.2 Å². The van der Waals surface area contributed by atoms with Crippen molar-refractivity contribution in [2.75, 3.05) is 11.4 Å². The van der Waals surface area contributed by atoms with E-state index in [2.05, 4.69) is 6.58 Å². The van der Waals surface area contributed by atoms with Gasteiger partial charge in [0.25, 0.3) is 0 Å². The van der Waals surface area contributed by atoms with Crippen LogP contribution in [0.25, 0.3) is 0 Å². The molecule has 0 aliphatic rings. The van der Waals surface area contributed by atoms with Crippen LogP contribution in [0, 0.1) is 11.3 Å². The zero-order chi connectivity index (χ0) is 14.6. The molecule has 1 aromatic rings. The molecule has 19 heavy (non-hydrogen) atoms. The monoisotopic (exact) mass is 268 g/mol. The van der Waals surface area contributed by atoms with Crippen molar-refractivity contribution in [2.24, 2.45) is 0 Å². The largest absolute Gasteiger partial charge is 0.416 e. The SMILES string of the molecule is C=CCN(c1ccc(C(F)(F)F)cc1C#N)C(C)C. The topological polar surface area (TPSA) is 27.0 Å². The van der Waals surface area contributed by atoms with Crippen molar-refractivity contribution < 1.29 is 13.2 Å². The second-order valence-electron chi connectivity index (χ2n) is 4.38. The average Bonchev–Trinajstić information content (AvgIpc) is 2.33. The fraction of sp³-hybridized carbons (Fsp3) is 0.357. The predicted octanol–water partition coefficient (Wildman–Crippen LogP) is 3.98. The molecule has 5 heteroatoms. The lowest BCUT2D eigenvalue weighted by molar-refractivity contribution is -0.137. The van der Waals surface area contributed by atoms with E-state index in [1.807, 2.05) is 24.8 Å². The van der Waals surface area contributed by atoms with E-state index >= 15 is 0 Å². The minimum atomic E-state index is -4.44. The van der Waals surface area contributed by atoms with E-state index < -0.39 is 11.7 Å². The lowest BCUT2D eigenvalue weighted by atomic mass is 10.1. The second kappa shape index (κ2) is 5.79. The molecule has 0 fully saturated rings. The van der Waals surface area contributed by atoms with Crippen LogP contribution in [0.15, 0.2) is 30.9 Å². The minimum Gasteiger partial charge on any atom is -0.364 e. The molecule has 2 nitrogen and oxygen atoms in total. The van der Waals surface area contributed by atoms with E-state index in [1.165, 1.54) is 6.07 Å². The molecule has 0 spiro atoms. The predicted molar refractivity (Wildman–Crippen MR) is 68.8 cm³/mol. The molecule has 0 heterocycles. The third kappa shape index (κ3) is 3.50. The number of alkyl halides is 3. The first kappa shape index (κ1) is 15.1. The zero-order valence-corrected chi connectivity index (χ0v) is 10.8. The Labute approximate surface area is 110 Å². The average molecular weight is 268 g/mol. The molecule has 1 rings (SSSR count). The Balaban J connectivity index is 3.29. The van der Waals surface area contributed by atoms with Crippen molar-refractivity contribution in [3.8, 4) is 6.07 Å². The highest BCUT2D eigenvalue weighted by molar-refractivity contribution is 5.61. The Kier molecular flexibility index (Phi) is 4.60. The van der Waals surface area contributed by atoms with Crippen molar-refractivity contribution in [3.63, 3.8) is 0 Å². The maximum absolute atomic E-state index is 12.6. The number of rotatable bonds is 4. The first-order valence-corrected chi connectivity index (χ1v) is 5.80. The summed E-state index contributed by atoms with van der Waals surface area (Å²) in [5.41, 5.74) is -0.300. The summed E-state index contributed by atoms with van der Waals surface area (Å²) in [4.78, 5) is 1.83. The molecule has 0 aromatic heterocycles. The molecule has 0 aliphatic heterocycles. The van der Waals surface area contributed by atoms with Gasteiger partial charge in [-0.2, -0.15) is 18.4 Å². The van der Waals surface area contributed by atoms with Gasteiger partial charge in [-0.15, -0.1) is 6.58 Å². The van der Waals surface area contributed by atoms with Gasteiger partial charge in [-0.3, -0.25) is 0 Å². The van der Waals surface area contributed by atoms with Gasteiger partial charge >= 0.3 is 6.18 Å².